The van der Waals surface area contributed by atoms with E-state index in [1.165, 1.54) is 43.9 Å². The van der Waals surface area contributed by atoms with Gasteiger partial charge in [-0.15, -0.1) is 11.8 Å². The summed E-state index contributed by atoms with van der Waals surface area (Å²) in [5.74, 6) is 3.55. The summed E-state index contributed by atoms with van der Waals surface area (Å²) in [5, 5.41) is 6.38. The van der Waals surface area contributed by atoms with Crippen LogP contribution >= 0.6 is 11.8 Å². The van der Waals surface area contributed by atoms with Gasteiger partial charge in [-0.3, -0.25) is 9.59 Å². The van der Waals surface area contributed by atoms with Crippen LogP contribution in [0.1, 0.15) is 61.7 Å². The Morgan fingerprint density at radius 1 is 1.03 bits per heavy atom. The molecule has 0 aromatic heterocycles. The van der Waals surface area contributed by atoms with Crippen molar-refractivity contribution in [1.29, 1.82) is 0 Å². The topological polar surface area (TPSA) is 67.4 Å². The molecule has 0 aliphatic heterocycles. The van der Waals surface area contributed by atoms with Crippen molar-refractivity contribution in [1.82, 2.24) is 10.6 Å². The zero-order chi connectivity index (χ0) is 21.3. The minimum atomic E-state index is -0.0976. The molecule has 0 spiro atoms. The Balaban J connectivity index is 1.11. The minimum Gasteiger partial charge on any atom is -0.379 e. The van der Waals surface area contributed by atoms with Crippen LogP contribution in [0.3, 0.4) is 0 Å². The van der Waals surface area contributed by atoms with Crippen LogP contribution in [0, 0.1) is 23.7 Å². The van der Waals surface area contributed by atoms with E-state index in [1.807, 2.05) is 24.3 Å². The molecule has 6 heteroatoms. The van der Waals surface area contributed by atoms with E-state index in [9.17, 15) is 9.59 Å². The molecular formula is C25H34N2O3S. The number of hydrogen-bond acceptors (Lipinski definition) is 4. The minimum absolute atomic E-state index is 0.0454. The number of carbonyl (C=O) groups excluding carboxylic acids is 2. The lowest BCUT2D eigenvalue weighted by atomic mass is 9.53. The molecule has 1 aromatic carbocycles. The first kappa shape index (κ1) is 21.3. The van der Waals surface area contributed by atoms with Gasteiger partial charge in [-0.05, 0) is 87.2 Å². The highest BCUT2D eigenvalue weighted by molar-refractivity contribution is 8.00. The number of amides is 2. The fourth-order valence-electron chi connectivity index (χ4n) is 6.39. The van der Waals surface area contributed by atoms with Gasteiger partial charge in [0.15, 0.2) is 0 Å². The second kappa shape index (κ2) is 9.14. The summed E-state index contributed by atoms with van der Waals surface area (Å²) < 4.78 is 5.60. The van der Waals surface area contributed by atoms with Crippen LogP contribution < -0.4 is 10.6 Å². The van der Waals surface area contributed by atoms with Crippen LogP contribution in [0.2, 0.25) is 0 Å². The van der Waals surface area contributed by atoms with Crippen molar-refractivity contribution in [2.45, 2.75) is 61.8 Å². The Morgan fingerprint density at radius 2 is 1.71 bits per heavy atom. The van der Waals surface area contributed by atoms with Crippen molar-refractivity contribution in [3.05, 3.63) is 29.8 Å². The first-order chi connectivity index (χ1) is 15.1. The maximum Gasteiger partial charge on any atom is 0.252 e. The summed E-state index contributed by atoms with van der Waals surface area (Å²) >= 11 is 1.46. The largest absolute Gasteiger partial charge is 0.379 e. The molecule has 168 valence electrons. The van der Waals surface area contributed by atoms with Gasteiger partial charge < -0.3 is 15.4 Å². The Hall–Kier alpha value is -1.53. The fourth-order valence-corrected chi connectivity index (χ4v) is 7.24. The van der Waals surface area contributed by atoms with Crippen molar-refractivity contribution < 1.29 is 14.3 Å². The van der Waals surface area contributed by atoms with Gasteiger partial charge in [-0.1, -0.05) is 12.1 Å². The Morgan fingerprint density at radius 3 is 2.39 bits per heavy atom. The van der Waals surface area contributed by atoms with E-state index in [1.54, 1.807) is 0 Å². The standard InChI is InChI=1S/C25H34N2O3S/c28-23(27-25-12-18-9-19(13-25)11-20(10-18)14-25)16-31-22-4-2-1-3-21(22)24(29)26-7-8-30-15-17-5-6-17/h1-4,17-20H,5-16H2,(H,26,29)(H,27,28). The van der Waals surface area contributed by atoms with E-state index >= 15 is 0 Å². The van der Waals surface area contributed by atoms with Gasteiger partial charge in [-0.2, -0.15) is 0 Å². The fraction of sp³-hybridized carbons (Fsp3) is 0.680. The van der Waals surface area contributed by atoms with E-state index < -0.39 is 0 Å². The molecule has 5 fully saturated rings. The van der Waals surface area contributed by atoms with E-state index in [0.717, 1.165) is 54.4 Å². The lowest BCUT2D eigenvalue weighted by molar-refractivity contribution is -0.124. The predicted octanol–water partition coefficient (Wildman–Crippen LogP) is 4.02. The molecule has 4 bridgehead atoms. The van der Waals surface area contributed by atoms with Gasteiger partial charge >= 0.3 is 0 Å². The molecule has 0 radical (unpaired) electrons. The first-order valence-corrected chi connectivity index (χ1v) is 13.0. The summed E-state index contributed by atoms with van der Waals surface area (Å²) in [4.78, 5) is 26.3. The molecule has 5 aliphatic carbocycles. The average molecular weight is 443 g/mol. The summed E-state index contributed by atoms with van der Waals surface area (Å²) in [5.41, 5.74) is 0.682. The van der Waals surface area contributed by atoms with E-state index in [2.05, 4.69) is 10.6 Å². The van der Waals surface area contributed by atoms with Gasteiger partial charge in [0.05, 0.1) is 17.9 Å². The highest BCUT2D eigenvalue weighted by atomic mass is 32.2. The number of benzene rings is 1. The summed E-state index contributed by atoms with van der Waals surface area (Å²) in [6, 6.07) is 7.56. The van der Waals surface area contributed by atoms with E-state index in [4.69, 9.17) is 4.74 Å². The number of carbonyl (C=O) groups is 2. The van der Waals surface area contributed by atoms with E-state index in [0.29, 0.717) is 24.5 Å². The molecular weight excluding hydrogens is 408 g/mol. The normalized spacial score (nSPS) is 30.9. The van der Waals surface area contributed by atoms with Crippen LogP contribution in [0.4, 0.5) is 0 Å². The van der Waals surface area contributed by atoms with Gasteiger partial charge in [0.1, 0.15) is 0 Å². The summed E-state index contributed by atoms with van der Waals surface area (Å²) in [6.45, 7) is 1.86. The maximum atomic E-state index is 12.8. The lowest BCUT2D eigenvalue weighted by Gasteiger charge is -2.56. The predicted molar refractivity (Wildman–Crippen MR) is 122 cm³/mol. The highest BCUT2D eigenvalue weighted by Crippen LogP contribution is 2.55. The third kappa shape index (κ3) is 5.28. The summed E-state index contributed by atoms with van der Waals surface area (Å²) in [6.07, 6.45) is 10.2. The molecule has 0 unspecified atom stereocenters. The monoisotopic (exact) mass is 442 g/mol. The molecule has 0 saturated heterocycles. The molecule has 2 N–H and O–H groups in total. The van der Waals surface area contributed by atoms with Gasteiger partial charge in [0.25, 0.3) is 5.91 Å². The van der Waals surface area contributed by atoms with Crippen molar-refractivity contribution in [3.63, 3.8) is 0 Å². The zero-order valence-corrected chi connectivity index (χ0v) is 19.1. The van der Waals surface area contributed by atoms with E-state index in [-0.39, 0.29) is 17.4 Å². The molecule has 1 aromatic rings. The number of thioether (sulfide) groups is 1. The number of nitrogens with one attached hydrogen (secondary N) is 2. The first-order valence-electron chi connectivity index (χ1n) is 12.0. The maximum absolute atomic E-state index is 12.8. The van der Waals surface area contributed by atoms with Gasteiger partial charge in [0, 0.05) is 23.6 Å². The Labute approximate surface area is 189 Å². The molecule has 6 rings (SSSR count). The highest BCUT2D eigenvalue weighted by Gasteiger charge is 2.51. The quantitative estimate of drug-likeness (QED) is 0.424. The summed E-state index contributed by atoms with van der Waals surface area (Å²) in [7, 11) is 0. The van der Waals surface area contributed by atoms with Crippen LogP contribution in [0.15, 0.2) is 29.2 Å². The van der Waals surface area contributed by atoms with Crippen LogP contribution in [0.25, 0.3) is 0 Å². The van der Waals surface area contributed by atoms with Gasteiger partial charge in [-0.25, -0.2) is 0 Å². The van der Waals surface area contributed by atoms with Gasteiger partial charge in [0.2, 0.25) is 5.91 Å². The Bertz CT molecular complexity index is 787. The zero-order valence-electron chi connectivity index (χ0n) is 18.2. The van der Waals surface area contributed by atoms with Crippen molar-refractivity contribution in [3.8, 4) is 0 Å². The molecule has 5 aliphatic rings. The lowest BCUT2D eigenvalue weighted by Crippen LogP contribution is -2.60. The van der Waals surface area contributed by atoms with Crippen LogP contribution in [0.5, 0.6) is 0 Å². The van der Waals surface area contributed by atoms with Crippen molar-refractivity contribution in [2.75, 3.05) is 25.5 Å². The SMILES string of the molecule is O=C(CSc1ccccc1C(=O)NCCOCC1CC1)NC12CC3CC(CC(C3)C1)C2. The van der Waals surface area contributed by atoms with Crippen molar-refractivity contribution >= 4 is 23.6 Å². The molecule has 31 heavy (non-hydrogen) atoms. The number of ether oxygens (including phenoxy) is 1. The smallest absolute Gasteiger partial charge is 0.252 e. The number of hydrogen-bond donors (Lipinski definition) is 2. The van der Waals surface area contributed by atoms with Crippen LogP contribution in [-0.2, 0) is 9.53 Å². The molecule has 0 atom stereocenters. The third-order valence-electron chi connectivity index (χ3n) is 7.52. The third-order valence-corrected chi connectivity index (χ3v) is 8.59. The molecule has 0 heterocycles. The molecule has 5 saturated carbocycles. The van der Waals surface area contributed by atoms with Crippen molar-refractivity contribution in [2.24, 2.45) is 23.7 Å². The Kier molecular flexibility index (Phi) is 6.29. The second-order valence-electron chi connectivity index (χ2n) is 10.3. The molecule has 2 amide bonds. The second-order valence-corrected chi connectivity index (χ2v) is 11.3. The molecule has 5 nitrogen and oxygen atoms in total. The number of rotatable bonds is 10. The average Bonchev–Trinajstić information content (AvgIpc) is 3.55. The van der Waals surface area contributed by atoms with Crippen LogP contribution in [-0.4, -0.2) is 42.9 Å².